The summed E-state index contributed by atoms with van der Waals surface area (Å²) in [5.74, 6) is -0.740. The van der Waals surface area contributed by atoms with E-state index in [1.807, 2.05) is 0 Å². The molecule has 0 unspecified atom stereocenters. The van der Waals surface area contributed by atoms with Crippen LogP contribution in [0, 0.1) is 5.82 Å². The Balaban J connectivity index is 1.17. The van der Waals surface area contributed by atoms with Crippen LogP contribution in [-0.2, 0) is 17.4 Å². The molecule has 3 heterocycles. The largest absolute Gasteiger partial charge is 0.472 e. The summed E-state index contributed by atoms with van der Waals surface area (Å²) in [7, 11) is 0. The Morgan fingerprint density at radius 1 is 1.12 bits per heavy atom. The third-order valence-electron chi connectivity index (χ3n) is 6.59. The summed E-state index contributed by atoms with van der Waals surface area (Å²) in [5, 5.41) is 0. The molecule has 2 aliphatic heterocycles. The van der Waals surface area contributed by atoms with Gasteiger partial charge in [-0.05, 0) is 24.5 Å². The van der Waals surface area contributed by atoms with Crippen LogP contribution in [0.4, 0.5) is 17.6 Å². The fraction of sp³-hybridized carbons (Fsp3) is 0.522. The lowest BCUT2D eigenvalue weighted by Gasteiger charge is -2.37. The van der Waals surface area contributed by atoms with Gasteiger partial charge in [0.15, 0.2) is 0 Å². The van der Waals surface area contributed by atoms with E-state index in [-0.39, 0.29) is 23.6 Å². The first kappa shape index (κ1) is 22.1. The second-order valence-corrected chi connectivity index (χ2v) is 8.97. The number of carbonyl (C=O) groups is 1. The predicted octanol–water partition coefficient (Wildman–Crippen LogP) is 3.42. The van der Waals surface area contributed by atoms with Gasteiger partial charge in [0.2, 0.25) is 11.8 Å². The summed E-state index contributed by atoms with van der Waals surface area (Å²) in [6.45, 7) is 2.22. The van der Waals surface area contributed by atoms with E-state index in [0.717, 1.165) is 24.6 Å². The number of hydrogen-bond donors (Lipinski definition) is 0. The highest BCUT2D eigenvalue weighted by molar-refractivity contribution is 5.79. The van der Waals surface area contributed by atoms with Crippen molar-refractivity contribution in [1.29, 1.82) is 0 Å². The Hall–Kier alpha value is -2.75. The molecule has 5 rings (SSSR count). The molecule has 1 aromatic heterocycles. The van der Waals surface area contributed by atoms with Crippen molar-refractivity contribution >= 4 is 5.91 Å². The van der Waals surface area contributed by atoms with E-state index >= 15 is 0 Å². The summed E-state index contributed by atoms with van der Waals surface area (Å²) in [4.78, 5) is 25.4. The van der Waals surface area contributed by atoms with Crippen LogP contribution in [0.25, 0.3) is 0 Å². The standard InChI is InChI=1S/C23H24F4N4O2/c24-22-15(2-1-3-18(22)23(25,26)27)8-21(32)31-7-6-30-13-17(9-16(30)12-31)33-20-11-28-19(10-29-20)14-4-5-14/h1-3,10-11,14,16-17H,4-9,12-13H2/t16-,17+/m0/s1. The number of benzene rings is 1. The van der Waals surface area contributed by atoms with Gasteiger partial charge in [0.05, 0.1) is 30.1 Å². The summed E-state index contributed by atoms with van der Waals surface area (Å²) >= 11 is 0. The highest BCUT2D eigenvalue weighted by Crippen LogP contribution is 2.38. The number of halogens is 4. The van der Waals surface area contributed by atoms with Gasteiger partial charge in [-0.1, -0.05) is 12.1 Å². The monoisotopic (exact) mass is 464 g/mol. The molecule has 33 heavy (non-hydrogen) atoms. The zero-order chi connectivity index (χ0) is 23.2. The number of piperazine rings is 1. The van der Waals surface area contributed by atoms with Crippen LogP contribution in [-0.4, -0.2) is 64.0 Å². The smallest absolute Gasteiger partial charge is 0.419 e. The number of rotatable bonds is 5. The van der Waals surface area contributed by atoms with Crippen LogP contribution in [0.5, 0.6) is 5.88 Å². The van der Waals surface area contributed by atoms with E-state index in [1.54, 1.807) is 17.3 Å². The van der Waals surface area contributed by atoms with Crippen LogP contribution in [0.15, 0.2) is 30.6 Å². The van der Waals surface area contributed by atoms with Crippen LogP contribution < -0.4 is 4.74 Å². The molecule has 0 bridgehead atoms. The first-order chi connectivity index (χ1) is 15.8. The van der Waals surface area contributed by atoms with E-state index in [9.17, 15) is 22.4 Å². The summed E-state index contributed by atoms with van der Waals surface area (Å²) < 4.78 is 59.2. The number of ether oxygens (including phenoxy) is 1. The second-order valence-electron chi connectivity index (χ2n) is 8.97. The van der Waals surface area contributed by atoms with Crippen molar-refractivity contribution in [3.8, 4) is 5.88 Å². The molecule has 1 aromatic carbocycles. The Morgan fingerprint density at radius 3 is 2.64 bits per heavy atom. The van der Waals surface area contributed by atoms with E-state index in [4.69, 9.17) is 4.74 Å². The highest BCUT2D eigenvalue weighted by atomic mass is 19.4. The predicted molar refractivity (Wildman–Crippen MR) is 110 cm³/mol. The minimum absolute atomic E-state index is 0.0768. The molecule has 0 radical (unpaired) electrons. The number of aromatic nitrogens is 2. The average Bonchev–Trinajstić information content (AvgIpc) is 3.54. The van der Waals surface area contributed by atoms with E-state index in [1.165, 1.54) is 6.07 Å². The van der Waals surface area contributed by atoms with Crippen molar-refractivity contribution < 1.29 is 27.1 Å². The number of carbonyl (C=O) groups excluding carboxylic acids is 1. The maximum Gasteiger partial charge on any atom is 0.419 e. The molecule has 2 atom stereocenters. The van der Waals surface area contributed by atoms with Crippen molar-refractivity contribution in [1.82, 2.24) is 19.8 Å². The molecule has 2 saturated heterocycles. The topological polar surface area (TPSA) is 58.6 Å². The van der Waals surface area contributed by atoms with Crippen LogP contribution in [0.2, 0.25) is 0 Å². The van der Waals surface area contributed by atoms with Gasteiger partial charge in [-0.3, -0.25) is 14.7 Å². The van der Waals surface area contributed by atoms with Crippen LogP contribution >= 0.6 is 0 Å². The lowest BCUT2D eigenvalue weighted by Crippen LogP contribution is -2.52. The molecule has 1 amide bonds. The van der Waals surface area contributed by atoms with E-state index in [2.05, 4.69) is 14.9 Å². The number of hydrogen-bond acceptors (Lipinski definition) is 5. The molecule has 3 fully saturated rings. The SMILES string of the molecule is O=C(Cc1cccc(C(F)(F)F)c1F)N1CCN2C[C@H](Oc3cnc(C4CC4)cn3)C[C@H]2C1. The molecule has 0 spiro atoms. The Labute approximate surface area is 188 Å². The molecule has 2 aromatic rings. The quantitative estimate of drug-likeness (QED) is 0.635. The van der Waals surface area contributed by atoms with Crippen molar-refractivity contribution in [2.75, 3.05) is 26.2 Å². The summed E-state index contributed by atoms with van der Waals surface area (Å²) in [5.41, 5.74) is -0.586. The molecular weight excluding hydrogens is 440 g/mol. The normalized spacial score (nSPS) is 23.5. The van der Waals surface area contributed by atoms with E-state index in [0.29, 0.717) is 50.5 Å². The van der Waals surface area contributed by atoms with Gasteiger partial charge in [-0.25, -0.2) is 9.37 Å². The van der Waals surface area contributed by atoms with Crippen molar-refractivity contribution in [2.24, 2.45) is 0 Å². The van der Waals surface area contributed by atoms with Gasteiger partial charge < -0.3 is 9.64 Å². The summed E-state index contributed by atoms with van der Waals surface area (Å²) in [6, 6.07) is 3.13. The first-order valence-corrected chi connectivity index (χ1v) is 11.1. The zero-order valence-electron chi connectivity index (χ0n) is 17.9. The van der Waals surface area contributed by atoms with Crippen LogP contribution in [0.3, 0.4) is 0 Å². The Bertz CT molecular complexity index is 1030. The van der Waals surface area contributed by atoms with Gasteiger partial charge in [0, 0.05) is 44.6 Å². The van der Waals surface area contributed by atoms with Gasteiger partial charge >= 0.3 is 6.18 Å². The second kappa shape index (κ2) is 8.55. The molecule has 6 nitrogen and oxygen atoms in total. The molecule has 0 N–H and O–H groups in total. The fourth-order valence-corrected chi connectivity index (χ4v) is 4.67. The third-order valence-corrected chi connectivity index (χ3v) is 6.59. The van der Waals surface area contributed by atoms with Gasteiger partial charge in [0.25, 0.3) is 0 Å². The number of fused-ring (bicyclic) bond motifs is 1. The van der Waals surface area contributed by atoms with Gasteiger partial charge in [-0.15, -0.1) is 0 Å². The van der Waals surface area contributed by atoms with Gasteiger partial charge in [-0.2, -0.15) is 13.2 Å². The first-order valence-electron chi connectivity index (χ1n) is 11.1. The van der Waals surface area contributed by atoms with Crippen molar-refractivity contribution in [3.63, 3.8) is 0 Å². The molecule has 10 heteroatoms. The van der Waals surface area contributed by atoms with Crippen molar-refractivity contribution in [3.05, 3.63) is 53.2 Å². The molecule has 1 aliphatic carbocycles. The molecule has 176 valence electrons. The Morgan fingerprint density at radius 2 is 1.94 bits per heavy atom. The number of nitrogens with zero attached hydrogens (tertiary/aromatic N) is 4. The molecule has 3 aliphatic rings. The fourth-order valence-electron chi connectivity index (χ4n) is 4.67. The van der Waals surface area contributed by atoms with E-state index < -0.39 is 24.0 Å². The minimum atomic E-state index is -4.80. The molecular formula is C23H24F4N4O2. The Kier molecular flexibility index (Phi) is 5.72. The zero-order valence-corrected chi connectivity index (χ0v) is 17.9. The lowest BCUT2D eigenvalue weighted by molar-refractivity contribution is -0.140. The summed E-state index contributed by atoms with van der Waals surface area (Å²) in [6.07, 6.45) is 1.17. The maximum atomic E-state index is 14.3. The lowest BCUT2D eigenvalue weighted by atomic mass is 10.0. The van der Waals surface area contributed by atoms with Gasteiger partial charge in [0.1, 0.15) is 11.9 Å². The third kappa shape index (κ3) is 4.80. The molecule has 1 saturated carbocycles. The maximum absolute atomic E-state index is 14.3. The minimum Gasteiger partial charge on any atom is -0.472 e. The number of amides is 1. The van der Waals surface area contributed by atoms with Crippen molar-refractivity contribution in [2.45, 2.75) is 49.9 Å². The highest BCUT2D eigenvalue weighted by Gasteiger charge is 2.39. The van der Waals surface area contributed by atoms with Crippen LogP contribution in [0.1, 0.15) is 42.0 Å². The average molecular weight is 464 g/mol. The number of alkyl halides is 3.